The maximum Gasteiger partial charge on any atom is 0.259 e. The second-order valence-corrected chi connectivity index (χ2v) is 12.1. The Bertz CT molecular complexity index is 1470. The minimum absolute atomic E-state index is 0.0699. The molecule has 0 radical (unpaired) electrons. The molecular formula is C26H27Cl2N3O6S. The van der Waals surface area contributed by atoms with E-state index in [1.54, 1.807) is 48.5 Å². The van der Waals surface area contributed by atoms with Crippen LogP contribution in [0, 0.1) is 0 Å². The lowest BCUT2D eigenvalue weighted by atomic mass is 10.1. The van der Waals surface area contributed by atoms with Crippen LogP contribution in [0.15, 0.2) is 54.7 Å². The Hall–Kier alpha value is -3.21. The number of sulfonamides is 1. The number of aryl methyl sites for hydroxylation is 1. The highest BCUT2D eigenvalue weighted by Gasteiger charge is 2.56. The van der Waals surface area contributed by atoms with Crippen LogP contribution in [-0.4, -0.2) is 47.0 Å². The molecule has 1 aromatic heterocycles. The van der Waals surface area contributed by atoms with Crippen molar-refractivity contribution in [1.82, 2.24) is 14.2 Å². The third-order valence-corrected chi connectivity index (χ3v) is 9.48. The molecule has 1 heterocycles. The predicted molar refractivity (Wildman–Crippen MR) is 144 cm³/mol. The van der Waals surface area contributed by atoms with Gasteiger partial charge in [-0.1, -0.05) is 59.6 Å². The molecule has 9 nitrogen and oxygen atoms in total. The molecule has 12 heteroatoms. The predicted octanol–water partition coefficient (Wildman–Crippen LogP) is 4.39. The number of rotatable bonds is 10. The lowest BCUT2D eigenvalue weighted by Crippen LogP contribution is -2.38. The summed E-state index contributed by atoms with van der Waals surface area (Å²) in [5.74, 6) is -2.31. The van der Waals surface area contributed by atoms with Crippen molar-refractivity contribution in [3.63, 3.8) is 0 Å². The van der Waals surface area contributed by atoms with E-state index < -0.39 is 38.2 Å². The van der Waals surface area contributed by atoms with Crippen molar-refractivity contribution in [3.05, 3.63) is 81.5 Å². The zero-order valence-corrected chi connectivity index (χ0v) is 22.9. The van der Waals surface area contributed by atoms with Gasteiger partial charge < -0.3 is 19.7 Å². The molecule has 0 spiro atoms. The fraction of sp³-hybridized carbons (Fsp3) is 0.308. The van der Waals surface area contributed by atoms with Crippen LogP contribution in [0.1, 0.15) is 47.2 Å². The van der Waals surface area contributed by atoms with Crippen LogP contribution in [0.4, 0.5) is 0 Å². The topological polar surface area (TPSA) is 129 Å². The van der Waals surface area contributed by atoms with Gasteiger partial charge in [0, 0.05) is 32.8 Å². The summed E-state index contributed by atoms with van der Waals surface area (Å²) in [7, 11) is -2.39. The van der Waals surface area contributed by atoms with E-state index >= 15 is 0 Å². The van der Waals surface area contributed by atoms with Crippen molar-refractivity contribution in [2.75, 3.05) is 7.05 Å². The van der Waals surface area contributed by atoms with Crippen LogP contribution in [0.3, 0.4) is 0 Å². The highest BCUT2D eigenvalue weighted by Crippen LogP contribution is 2.52. The highest BCUT2D eigenvalue weighted by molar-refractivity contribution is 7.91. The second-order valence-electron chi connectivity index (χ2n) is 9.31. The second kappa shape index (κ2) is 10.9. The molecule has 1 fully saturated rings. The molecule has 0 atom stereocenters. The molecule has 0 saturated heterocycles. The molecule has 3 aromatic rings. The summed E-state index contributed by atoms with van der Waals surface area (Å²) in [4.78, 5) is 26.7. The van der Waals surface area contributed by atoms with E-state index in [0.29, 0.717) is 28.5 Å². The Balaban J connectivity index is 1.34. The van der Waals surface area contributed by atoms with E-state index in [4.69, 9.17) is 23.2 Å². The number of amides is 2. The molecule has 202 valence electrons. The Morgan fingerprint density at radius 2 is 1.76 bits per heavy atom. The van der Waals surface area contributed by atoms with Gasteiger partial charge in [0.25, 0.3) is 5.91 Å². The quantitative estimate of drug-likeness (QED) is 0.326. The van der Waals surface area contributed by atoms with Crippen molar-refractivity contribution < 1.29 is 28.2 Å². The molecule has 1 aliphatic carbocycles. The molecule has 1 aliphatic rings. The average molecular weight is 580 g/mol. The van der Waals surface area contributed by atoms with Crippen molar-refractivity contribution in [2.45, 2.75) is 43.5 Å². The van der Waals surface area contributed by atoms with Gasteiger partial charge in [-0.2, -0.15) is 0 Å². The van der Waals surface area contributed by atoms with Crippen LogP contribution in [0.2, 0.25) is 10.0 Å². The summed E-state index contributed by atoms with van der Waals surface area (Å²) < 4.78 is 28.1. The van der Waals surface area contributed by atoms with Crippen molar-refractivity contribution in [1.29, 1.82) is 0 Å². The number of hydrogen-bond donors (Lipinski definition) is 3. The van der Waals surface area contributed by atoms with Crippen LogP contribution < -0.4 is 4.72 Å². The van der Waals surface area contributed by atoms with E-state index in [2.05, 4.69) is 4.72 Å². The van der Waals surface area contributed by atoms with Gasteiger partial charge in [-0.05, 0) is 42.5 Å². The zero-order chi connectivity index (χ0) is 27.7. The van der Waals surface area contributed by atoms with Crippen molar-refractivity contribution in [2.24, 2.45) is 0 Å². The molecule has 0 aliphatic heterocycles. The molecule has 0 bridgehead atoms. The molecule has 3 N–H and O–H groups in total. The Morgan fingerprint density at radius 1 is 1.08 bits per heavy atom. The summed E-state index contributed by atoms with van der Waals surface area (Å²) >= 11 is 12.0. The lowest BCUT2D eigenvalue weighted by Gasteiger charge is -2.17. The Morgan fingerprint density at radius 3 is 2.39 bits per heavy atom. The summed E-state index contributed by atoms with van der Waals surface area (Å²) in [5, 5.41) is 21.4. The van der Waals surface area contributed by atoms with Crippen LogP contribution in [0.5, 0.6) is 11.6 Å². The average Bonchev–Trinajstić information content (AvgIpc) is 3.66. The van der Waals surface area contributed by atoms with Gasteiger partial charge in [-0.3, -0.25) is 14.3 Å². The first-order valence-electron chi connectivity index (χ1n) is 11.9. The number of nitrogens with one attached hydrogen (secondary N) is 1. The minimum atomic E-state index is -3.92. The number of benzene rings is 2. The molecule has 4 rings (SSSR count). The van der Waals surface area contributed by atoms with Gasteiger partial charge in [0.2, 0.25) is 21.8 Å². The van der Waals surface area contributed by atoms with Crippen LogP contribution in [0.25, 0.3) is 0 Å². The van der Waals surface area contributed by atoms with Crippen LogP contribution >= 0.6 is 23.2 Å². The summed E-state index contributed by atoms with van der Waals surface area (Å²) in [6.07, 6.45) is 2.19. The van der Waals surface area contributed by atoms with Crippen molar-refractivity contribution >= 4 is 45.0 Å². The third kappa shape index (κ3) is 5.62. The molecule has 1 saturated carbocycles. The fourth-order valence-electron chi connectivity index (χ4n) is 4.33. The molecule has 0 unspecified atom stereocenters. The smallest absolute Gasteiger partial charge is 0.259 e. The highest BCUT2D eigenvalue weighted by atomic mass is 35.5. The number of aromatic hydroxyl groups is 2. The zero-order valence-electron chi connectivity index (χ0n) is 20.5. The first kappa shape index (κ1) is 27.8. The van der Waals surface area contributed by atoms with E-state index in [1.807, 2.05) is 0 Å². The first-order valence-corrected chi connectivity index (χ1v) is 14.1. The molecule has 38 heavy (non-hydrogen) atoms. The van der Waals surface area contributed by atoms with Gasteiger partial charge >= 0.3 is 0 Å². The summed E-state index contributed by atoms with van der Waals surface area (Å²) in [6, 6.07) is 13.8. The van der Waals surface area contributed by atoms with Gasteiger partial charge in [0.05, 0.1) is 10.0 Å². The van der Waals surface area contributed by atoms with E-state index in [0.717, 1.165) is 5.56 Å². The normalized spacial score (nSPS) is 14.2. The minimum Gasteiger partial charge on any atom is -0.503 e. The number of carbonyl (C=O) groups excluding carboxylic acids is 2. The monoisotopic (exact) mass is 579 g/mol. The third-order valence-electron chi connectivity index (χ3n) is 6.57. The van der Waals surface area contributed by atoms with Gasteiger partial charge in [0.1, 0.15) is 10.3 Å². The largest absolute Gasteiger partial charge is 0.503 e. The SMILES string of the molecule is CN(Cc1ccc(Cl)c(Cl)c1)C(=O)c1cn(CCCC(=O)NS(=O)(=O)C2(c3ccccc3)CC2)c(O)c1O. The van der Waals surface area contributed by atoms with Crippen molar-refractivity contribution in [3.8, 4) is 11.6 Å². The number of carbonyl (C=O) groups is 2. The van der Waals surface area contributed by atoms with Crippen LogP contribution in [-0.2, 0) is 32.7 Å². The fourth-order valence-corrected chi connectivity index (χ4v) is 6.33. The molecule has 2 aromatic carbocycles. The van der Waals surface area contributed by atoms with Gasteiger partial charge in [-0.15, -0.1) is 0 Å². The number of nitrogens with zero attached hydrogens (tertiary/aromatic N) is 2. The van der Waals surface area contributed by atoms with E-state index in [-0.39, 0.29) is 31.5 Å². The van der Waals surface area contributed by atoms with Gasteiger partial charge in [-0.25, -0.2) is 8.42 Å². The number of aromatic nitrogens is 1. The molecular weight excluding hydrogens is 553 g/mol. The summed E-state index contributed by atoms with van der Waals surface area (Å²) in [6.45, 7) is 0.251. The van der Waals surface area contributed by atoms with Gasteiger partial charge in [0.15, 0.2) is 5.75 Å². The lowest BCUT2D eigenvalue weighted by molar-refractivity contribution is -0.119. The maximum atomic E-state index is 12.9. The maximum absolute atomic E-state index is 12.9. The van der Waals surface area contributed by atoms with E-state index in [9.17, 15) is 28.2 Å². The van der Waals surface area contributed by atoms with E-state index in [1.165, 1.54) is 22.7 Å². The number of halogens is 2. The Kier molecular flexibility index (Phi) is 7.96. The summed E-state index contributed by atoms with van der Waals surface area (Å²) in [5.41, 5.74) is 1.25. The Labute approximate surface area is 230 Å². The number of hydrogen-bond acceptors (Lipinski definition) is 6. The standard InChI is InChI=1S/C26H27Cl2N3O6S/c1-30(15-17-9-10-20(27)21(28)14-17)24(34)19-16-31(25(35)23(19)33)13-5-8-22(32)29-38(36,37)26(11-12-26)18-6-3-2-4-7-18/h2-4,6-7,9-10,14,16,33,35H,5,8,11-13,15H2,1H3,(H,29,32). The first-order chi connectivity index (χ1) is 17.9. The molecule has 2 amide bonds.